The van der Waals surface area contributed by atoms with Crippen LogP contribution in [0, 0.1) is 6.92 Å². The molecule has 1 aromatic heterocycles. The van der Waals surface area contributed by atoms with Crippen LogP contribution in [0.15, 0.2) is 0 Å². The first-order valence-corrected chi connectivity index (χ1v) is 6.84. The van der Waals surface area contributed by atoms with Crippen LogP contribution in [0.25, 0.3) is 0 Å². The van der Waals surface area contributed by atoms with Gasteiger partial charge in [-0.15, -0.1) is 0 Å². The van der Waals surface area contributed by atoms with Crippen molar-refractivity contribution in [2.75, 3.05) is 11.9 Å². The van der Waals surface area contributed by atoms with Gasteiger partial charge in [0.1, 0.15) is 0 Å². The molecule has 1 fully saturated rings. The van der Waals surface area contributed by atoms with Crippen LogP contribution in [0.4, 0.5) is 5.13 Å². The Labute approximate surface area is 101 Å². The van der Waals surface area contributed by atoms with Gasteiger partial charge in [0, 0.05) is 13.1 Å². The number of anilines is 1. The fourth-order valence-corrected chi connectivity index (χ4v) is 3.29. The van der Waals surface area contributed by atoms with Crippen molar-refractivity contribution in [3.63, 3.8) is 0 Å². The van der Waals surface area contributed by atoms with Crippen molar-refractivity contribution >= 4 is 16.5 Å². The van der Waals surface area contributed by atoms with Crippen LogP contribution in [0.2, 0.25) is 0 Å². The van der Waals surface area contributed by atoms with Crippen molar-refractivity contribution in [2.45, 2.75) is 51.7 Å². The molecule has 1 saturated carbocycles. The second-order valence-electron chi connectivity index (χ2n) is 4.57. The molecular weight excluding hydrogens is 220 g/mol. The number of aromatic nitrogens is 1. The van der Waals surface area contributed by atoms with Crippen LogP contribution in [-0.2, 0) is 6.61 Å². The lowest BCUT2D eigenvalue weighted by molar-refractivity contribution is 0.284. The van der Waals surface area contributed by atoms with Crippen LogP contribution in [-0.4, -0.2) is 23.2 Å². The molecular formula is C12H20N2OS. The maximum absolute atomic E-state index is 9.18. The first-order valence-electron chi connectivity index (χ1n) is 6.02. The molecule has 1 N–H and O–H groups in total. The van der Waals surface area contributed by atoms with E-state index in [4.69, 9.17) is 0 Å². The van der Waals surface area contributed by atoms with Gasteiger partial charge in [0.05, 0.1) is 17.2 Å². The first kappa shape index (κ1) is 11.9. The standard InChI is InChI=1S/C12H20N2OS/c1-9-11(8-15)16-12(13-9)14(2)10-6-4-3-5-7-10/h10,15H,3-8H2,1-2H3. The zero-order valence-electron chi connectivity index (χ0n) is 10.1. The molecule has 1 aliphatic carbocycles. The van der Waals surface area contributed by atoms with Gasteiger partial charge >= 0.3 is 0 Å². The molecule has 4 heteroatoms. The topological polar surface area (TPSA) is 36.4 Å². The second kappa shape index (κ2) is 5.15. The van der Waals surface area contributed by atoms with Crippen LogP contribution in [0.3, 0.4) is 0 Å². The molecule has 16 heavy (non-hydrogen) atoms. The van der Waals surface area contributed by atoms with Crippen LogP contribution < -0.4 is 4.90 Å². The SMILES string of the molecule is Cc1nc(N(C)C2CCCCC2)sc1CO. The number of hydrogen-bond donors (Lipinski definition) is 1. The monoisotopic (exact) mass is 240 g/mol. The Morgan fingerprint density at radius 3 is 2.62 bits per heavy atom. The van der Waals surface area contributed by atoms with E-state index in [2.05, 4.69) is 16.9 Å². The summed E-state index contributed by atoms with van der Waals surface area (Å²) >= 11 is 1.63. The minimum Gasteiger partial charge on any atom is -0.391 e. The molecule has 0 aliphatic heterocycles. The van der Waals surface area contributed by atoms with Crippen molar-refractivity contribution in [1.82, 2.24) is 4.98 Å². The Balaban J connectivity index is 2.09. The molecule has 0 aromatic carbocycles. The van der Waals surface area contributed by atoms with Gasteiger partial charge < -0.3 is 10.0 Å². The lowest BCUT2D eigenvalue weighted by atomic mass is 9.95. The summed E-state index contributed by atoms with van der Waals surface area (Å²) in [5, 5.41) is 10.2. The number of aliphatic hydroxyl groups is 1. The highest BCUT2D eigenvalue weighted by molar-refractivity contribution is 7.15. The van der Waals surface area contributed by atoms with Crippen molar-refractivity contribution in [3.05, 3.63) is 10.6 Å². The average Bonchev–Trinajstić information content (AvgIpc) is 2.71. The molecule has 1 aliphatic rings. The number of rotatable bonds is 3. The third-order valence-corrected chi connectivity index (χ3v) is 4.68. The van der Waals surface area contributed by atoms with Gasteiger partial charge in [0.2, 0.25) is 0 Å². The highest BCUT2D eigenvalue weighted by Gasteiger charge is 2.21. The molecule has 1 aromatic rings. The molecule has 0 radical (unpaired) electrons. The van der Waals surface area contributed by atoms with Crippen LogP contribution in [0.1, 0.15) is 42.7 Å². The zero-order chi connectivity index (χ0) is 11.5. The van der Waals surface area contributed by atoms with Crippen molar-refractivity contribution in [3.8, 4) is 0 Å². The van der Waals surface area contributed by atoms with E-state index in [1.54, 1.807) is 11.3 Å². The Morgan fingerprint density at radius 1 is 1.38 bits per heavy atom. The summed E-state index contributed by atoms with van der Waals surface area (Å²) in [5.74, 6) is 0. The van der Waals surface area contributed by atoms with E-state index in [1.807, 2.05) is 6.92 Å². The van der Waals surface area contributed by atoms with Gasteiger partial charge in [-0.25, -0.2) is 4.98 Å². The lowest BCUT2D eigenvalue weighted by Gasteiger charge is -2.30. The van der Waals surface area contributed by atoms with E-state index in [9.17, 15) is 5.11 Å². The second-order valence-corrected chi connectivity index (χ2v) is 5.63. The van der Waals surface area contributed by atoms with Crippen molar-refractivity contribution in [2.24, 2.45) is 0 Å². The summed E-state index contributed by atoms with van der Waals surface area (Å²) in [6.07, 6.45) is 6.62. The van der Waals surface area contributed by atoms with E-state index in [-0.39, 0.29) is 6.61 Å². The molecule has 0 bridgehead atoms. The van der Waals surface area contributed by atoms with E-state index in [0.29, 0.717) is 6.04 Å². The van der Waals surface area contributed by atoms with E-state index >= 15 is 0 Å². The Bertz CT molecular complexity index is 345. The van der Waals surface area contributed by atoms with Gasteiger partial charge in [0.25, 0.3) is 0 Å². The fourth-order valence-electron chi connectivity index (χ4n) is 2.33. The normalized spacial score (nSPS) is 17.7. The van der Waals surface area contributed by atoms with Crippen molar-refractivity contribution < 1.29 is 5.11 Å². The number of hydrogen-bond acceptors (Lipinski definition) is 4. The predicted octanol–water partition coefficient (Wildman–Crippen LogP) is 2.71. The third-order valence-electron chi connectivity index (χ3n) is 3.45. The molecule has 3 nitrogen and oxygen atoms in total. The minimum absolute atomic E-state index is 0.113. The van der Waals surface area contributed by atoms with Gasteiger partial charge in [0.15, 0.2) is 5.13 Å². The number of aryl methyl sites for hydroxylation is 1. The Kier molecular flexibility index (Phi) is 3.82. The highest BCUT2D eigenvalue weighted by atomic mass is 32.1. The summed E-state index contributed by atoms with van der Waals surface area (Å²) in [6.45, 7) is 2.09. The van der Waals surface area contributed by atoms with Gasteiger partial charge in [-0.05, 0) is 19.8 Å². The zero-order valence-corrected chi connectivity index (χ0v) is 10.9. The van der Waals surface area contributed by atoms with Gasteiger partial charge in [-0.3, -0.25) is 0 Å². The van der Waals surface area contributed by atoms with Gasteiger partial charge in [-0.1, -0.05) is 30.6 Å². The Morgan fingerprint density at radius 2 is 2.06 bits per heavy atom. The van der Waals surface area contributed by atoms with Gasteiger partial charge in [-0.2, -0.15) is 0 Å². The predicted molar refractivity (Wildman–Crippen MR) is 68.0 cm³/mol. The van der Waals surface area contributed by atoms with Crippen LogP contribution in [0.5, 0.6) is 0 Å². The number of thiazole rings is 1. The maximum Gasteiger partial charge on any atom is 0.185 e. The summed E-state index contributed by atoms with van der Waals surface area (Å²) in [7, 11) is 2.13. The fraction of sp³-hybridized carbons (Fsp3) is 0.750. The number of nitrogens with zero attached hydrogens (tertiary/aromatic N) is 2. The molecule has 0 amide bonds. The largest absolute Gasteiger partial charge is 0.391 e. The van der Waals surface area contributed by atoms with Crippen molar-refractivity contribution in [1.29, 1.82) is 0 Å². The molecule has 0 atom stereocenters. The lowest BCUT2D eigenvalue weighted by Crippen LogP contribution is -2.33. The molecule has 90 valence electrons. The molecule has 0 spiro atoms. The quantitative estimate of drug-likeness (QED) is 0.882. The molecule has 0 unspecified atom stereocenters. The number of aliphatic hydroxyl groups excluding tert-OH is 1. The molecule has 0 saturated heterocycles. The Hall–Kier alpha value is -0.610. The van der Waals surface area contributed by atoms with Crippen LogP contribution >= 0.6 is 11.3 Å². The smallest absolute Gasteiger partial charge is 0.185 e. The summed E-state index contributed by atoms with van der Waals surface area (Å²) < 4.78 is 0. The minimum atomic E-state index is 0.113. The summed E-state index contributed by atoms with van der Waals surface area (Å²) in [6, 6.07) is 0.644. The molecule has 1 heterocycles. The van der Waals surface area contributed by atoms with E-state index in [0.717, 1.165) is 15.7 Å². The summed E-state index contributed by atoms with van der Waals surface area (Å²) in [5.41, 5.74) is 0.977. The first-order chi connectivity index (χ1) is 7.72. The third kappa shape index (κ3) is 2.38. The van der Waals surface area contributed by atoms with E-state index in [1.165, 1.54) is 32.1 Å². The average molecular weight is 240 g/mol. The maximum atomic E-state index is 9.18. The molecule has 2 rings (SSSR count). The van der Waals surface area contributed by atoms with E-state index < -0.39 is 0 Å². The summed E-state index contributed by atoms with van der Waals surface area (Å²) in [4.78, 5) is 7.84. The highest BCUT2D eigenvalue weighted by Crippen LogP contribution is 2.30.